The van der Waals surface area contributed by atoms with Crippen molar-refractivity contribution in [2.75, 3.05) is 0 Å². The minimum atomic E-state index is 0.551. The molecule has 0 aliphatic heterocycles. The number of hydrogen-bond acceptors (Lipinski definition) is 2. The monoisotopic (exact) mass is 138 g/mol. The van der Waals surface area contributed by atoms with Gasteiger partial charge in [-0.1, -0.05) is 12.2 Å². The predicted molar refractivity (Wildman–Crippen MR) is 45.1 cm³/mol. The van der Waals surface area contributed by atoms with Crippen LogP contribution in [0, 0.1) is 5.41 Å². The van der Waals surface area contributed by atoms with Crippen LogP contribution in [0.3, 0.4) is 0 Å². The van der Waals surface area contributed by atoms with Crippen molar-refractivity contribution in [2.24, 2.45) is 5.73 Å². The van der Waals surface area contributed by atoms with Crippen molar-refractivity contribution >= 4 is 5.71 Å². The average molecular weight is 138 g/mol. The molecule has 0 atom stereocenters. The smallest absolute Gasteiger partial charge is 0.0397 e. The van der Waals surface area contributed by atoms with E-state index in [1.165, 1.54) is 6.20 Å². The summed E-state index contributed by atoms with van der Waals surface area (Å²) < 4.78 is 0. The first kappa shape index (κ1) is 8.95. The van der Waals surface area contributed by atoms with Gasteiger partial charge in [-0.2, -0.15) is 0 Å². The van der Waals surface area contributed by atoms with Crippen LogP contribution >= 0.6 is 0 Å². The second-order valence-corrected chi connectivity index (χ2v) is 2.46. The number of allylic oxidation sites excluding steroid dienone is 2. The van der Waals surface area contributed by atoms with Crippen LogP contribution in [-0.2, 0) is 0 Å². The van der Waals surface area contributed by atoms with E-state index in [1.807, 2.05) is 13.8 Å². The maximum Gasteiger partial charge on any atom is 0.0397 e. The predicted octanol–water partition coefficient (Wildman–Crippen LogP) is 1.83. The third kappa shape index (κ3) is 3.07. The Bertz CT molecular complexity index is 178. The Morgan fingerprint density at radius 1 is 1.60 bits per heavy atom. The lowest BCUT2D eigenvalue weighted by molar-refractivity contribution is 1.22. The SMILES string of the molecule is C=C(C)CC(=N)/C(C)=C\N. The summed E-state index contributed by atoms with van der Waals surface area (Å²) in [5.74, 6) is 0. The second-order valence-electron chi connectivity index (χ2n) is 2.46. The molecule has 0 spiro atoms. The third-order valence-electron chi connectivity index (χ3n) is 1.20. The fourth-order valence-corrected chi connectivity index (χ4v) is 0.542. The molecule has 0 rings (SSSR count). The van der Waals surface area contributed by atoms with Crippen LogP contribution in [0.25, 0.3) is 0 Å². The second kappa shape index (κ2) is 3.88. The topological polar surface area (TPSA) is 49.9 Å². The Morgan fingerprint density at radius 2 is 2.10 bits per heavy atom. The first-order valence-corrected chi connectivity index (χ1v) is 3.18. The fourth-order valence-electron chi connectivity index (χ4n) is 0.542. The summed E-state index contributed by atoms with van der Waals surface area (Å²) in [7, 11) is 0. The molecule has 0 unspecified atom stereocenters. The molecule has 0 amide bonds. The van der Waals surface area contributed by atoms with Crippen LogP contribution < -0.4 is 5.73 Å². The van der Waals surface area contributed by atoms with Crippen molar-refractivity contribution in [2.45, 2.75) is 20.3 Å². The van der Waals surface area contributed by atoms with Gasteiger partial charge >= 0.3 is 0 Å². The number of rotatable bonds is 3. The zero-order chi connectivity index (χ0) is 8.15. The highest BCUT2D eigenvalue weighted by Gasteiger charge is 1.97. The first-order chi connectivity index (χ1) is 4.57. The van der Waals surface area contributed by atoms with Gasteiger partial charge in [-0.25, -0.2) is 0 Å². The van der Waals surface area contributed by atoms with E-state index in [1.54, 1.807) is 0 Å². The molecule has 0 aromatic rings. The summed E-state index contributed by atoms with van der Waals surface area (Å²) in [4.78, 5) is 0. The lowest BCUT2D eigenvalue weighted by Gasteiger charge is -2.01. The summed E-state index contributed by atoms with van der Waals surface area (Å²) in [6.07, 6.45) is 2.07. The Morgan fingerprint density at radius 3 is 2.40 bits per heavy atom. The van der Waals surface area contributed by atoms with Gasteiger partial charge in [-0.3, -0.25) is 0 Å². The van der Waals surface area contributed by atoms with E-state index in [0.717, 1.165) is 11.1 Å². The number of hydrogen-bond donors (Lipinski definition) is 2. The largest absolute Gasteiger partial charge is 0.404 e. The Hall–Kier alpha value is -1.05. The maximum atomic E-state index is 7.42. The average Bonchev–Trinajstić information content (AvgIpc) is 1.85. The van der Waals surface area contributed by atoms with Crippen LogP contribution in [0.15, 0.2) is 23.9 Å². The number of nitrogens with two attached hydrogens (primary N) is 1. The molecular weight excluding hydrogens is 124 g/mol. The standard InChI is InChI=1S/C8H14N2/c1-6(2)4-8(10)7(3)5-9/h5,10H,1,4,9H2,2-3H3/b7-5-,10-8?. The molecule has 10 heavy (non-hydrogen) atoms. The highest BCUT2D eigenvalue weighted by molar-refractivity contribution is 5.98. The van der Waals surface area contributed by atoms with Crippen molar-refractivity contribution in [3.05, 3.63) is 23.9 Å². The molecule has 0 saturated carbocycles. The van der Waals surface area contributed by atoms with Crippen molar-refractivity contribution in [3.63, 3.8) is 0 Å². The van der Waals surface area contributed by atoms with Crippen molar-refractivity contribution in [3.8, 4) is 0 Å². The van der Waals surface area contributed by atoms with E-state index >= 15 is 0 Å². The third-order valence-corrected chi connectivity index (χ3v) is 1.20. The van der Waals surface area contributed by atoms with E-state index in [9.17, 15) is 0 Å². The van der Waals surface area contributed by atoms with Crippen LogP contribution in [-0.4, -0.2) is 5.71 Å². The van der Waals surface area contributed by atoms with E-state index in [0.29, 0.717) is 12.1 Å². The molecule has 56 valence electrons. The molecule has 0 aromatic heterocycles. The summed E-state index contributed by atoms with van der Waals surface area (Å²) in [6, 6.07) is 0. The summed E-state index contributed by atoms with van der Waals surface area (Å²) in [6.45, 7) is 7.43. The highest BCUT2D eigenvalue weighted by Crippen LogP contribution is 2.03. The molecule has 0 bridgehead atoms. The fraction of sp³-hybridized carbons (Fsp3) is 0.375. The summed E-state index contributed by atoms with van der Waals surface area (Å²) >= 11 is 0. The molecule has 0 heterocycles. The van der Waals surface area contributed by atoms with Crippen LogP contribution in [0.4, 0.5) is 0 Å². The zero-order valence-electron chi connectivity index (χ0n) is 6.57. The zero-order valence-corrected chi connectivity index (χ0v) is 6.57. The van der Waals surface area contributed by atoms with Gasteiger partial charge in [0.15, 0.2) is 0 Å². The molecule has 3 N–H and O–H groups in total. The van der Waals surface area contributed by atoms with Gasteiger partial charge in [0.1, 0.15) is 0 Å². The van der Waals surface area contributed by atoms with E-state index < -0.39 is 0 Å². The van der Waals surface area contributed by atoms with Gasteiger partial charge in [-0.15, -0.1) is 0 Å². The lowest BCUT2D eigenvalue weighted by Crippen LogP contribution is -2.00. The molecular formula is C8H14N2. The molecule has 0 aromatic carbocycles. The summed E-state index contributed by atoms with van der Waals surface area (Å²) in [5.41, 5.74) is 7.58. The molecule has 0 fully saturated rings. The van der Waals surface area contributed by atoms with Crippen molar-refractivity contribution in [1.82, 2.24) is 0 Å². The van der Waals surface area contributed by atoms with E-state index in [-0.39, 0.29) is 0 Å². The highest BCUT2D eigenvalue weighted by atomic mass is 14.5. The first-order valence-electron chi connectivity index (χ1n) is 3.18. The molecule has 2 nitrogen and oxygen atoms in total. The van der Waals surface area contributed by atoms with Crippen LogP contribution in [0.5, 0.6) is 0 Å². The quantitative estimate of drug-likeness (QED) is 0.453. The molecule has 0 radical (unpaired) electrons. The Kier molecular flexibility index (Phi) is 3.47. The summed E-state index contributed by atoms with van der Waals surface area (Å²) in [5, 5.41) is 7.42. The van der Waals surface area contributed by atoms with E-state index in [2.05, 4.69) is 6.58 Å². The molecule has 0 aliphatic carbocycles. The lowest BCUT2D eigenvalue weighted by atomic mass is 10.1. The molecule has 0 saturated heterocycles. The van der Waals surface area contributed by atoms with Gasteiger partial charge < -0.3 is 11.1 Å². The van der Waals surface area contributed by atoms with Crippen LogP contribution in [0.2, 0.25) is 0 Å². The van der Waals surface area contributed by atoms with Gasteiger partial charge in [-0.05, 0) is 25.6 Å². The minimum absolute atomic E-state index is 0.551. The van der Waals surface area contributed by atoms with Crippen LogP contribution in [0.1, 0.15) is 20.3 Å². The normalized spacial score (nSPS) is 11.2. The van der Waals surface area contributed by atoms with Crippen molar-refractivity contribution < 1.29 is 0 Å². The van der Waals surface area contributed by atoms with E-state index in [4.69, 9.17) is 11.1 Å². The van der Waals surface area contributed by atoms with Crippen molar-refractivity contribution in [1.29, 1.82) is 5.41 Å². The van der Waals surface area contributed by atoms with Gasteiger partial charge in [0.2, 0.25) is 0 Å². The van der Waals surface area contributed by atoms with Gasteiger partial charge in [0.05, 0.1) is 0 Å². The van der Waals surface area contributed by atoms with Gasteiger partial charge in [0.25, 0.3) is 0 Å². The Balaban J connectivity index is 3.99. The van der Waals surface area contributed by atoms with Gasteiger partial charge in [0, 0.05) is 12.1 Å². The number of nitrogens with one attached hydrogen (secondary N) is 1. The maximum absolute atomic E-state index is 7.42. The molecule has 2 heteroatoms. The minimum Gasteiger partial charge on any atom is -0.404 e. The Labute approximate surface area is 61.9 Å². The molecule has 0 aliphatic rings.